The highest BCUT2D eigenvalue weighted by molar-refractivity contribution is 5.89. The number of aromatic nitrogens is 1. The molecule has 0 unspecified atom stereocenters. The summed E-state index contributed by atoms with van der Waals surface area (Å²) in [5.41, 5.74) is 4.18. The Morgan fingerprint density at radius 2 is 1.91 bits per heavy atom. The molecule has 2 fully saturated rings. The van der Waals surface area contributed by atoms with Crippen molar-refractivity contribution in [3.63, 3.8) is 0 Å². The van der Waals surface area contributed by atoms with Crippen molar-refractivity contribution in [3.8, 4) is 0 Å². The van der Waals surface area contributed by atoms with Crippen LogP contribution in [0.1, 0.15) is 36.3 Å². The van der Waals surface area contributed by atoms with Crippen LogP contribution in [-0.4, -0.2) is 64.2 Å². The number of fused-ring (bicyclic) bond motifs is 2. The average molecular weight is 440 g/mol. The minimum Gasteiger partial charge on any atom is -0.478 e. The van der Waals surface area contributed by atoms with Crippen LogP contribution in [0.4, 0.5) is 0 Å². The fourth-order valence-corrected chi connectivity index (χ4v) is 4.95. The number of nitrogens with one attached hydrogen (secondary N) is 1. The van der Waals surface area contributed by atoms with Crippen LogP contribution in [0, 0.1) is 11.8 Å². The van der Waals surface area contributed by atoms with Crippen LogP contribution in [0.25, 0.3) is 10.9 Å². The van der Waals surface area contributed by atoms with Gasteiger partial charge in [0, 0.05) is 53.7 Å². The highest BCUT2D eigenvalue weighted by atomic mass is 16.5. The predicted molar refractivity (Wildman–Crippen MR) is 117 cm³/mol. The summed E-state index contributed by atoms with van der Waals surface area (Å²) in [4.78, 5) is 36.9. The quantitative estimate of drug-likeness (QED) is 0.483. The number of carboxylic acid groups (broad SMARTS) is 2. The van der Waals surface area contributed by atoms with Gasteiger partial charge in [0.2, 0.25) is 0 Å². The van der Waals surface area contributed by atoms with Crippen molar-refractivity contribution in [2.24, 2.45) is 11.8 Å². The van der Waals surface area contributed by atoms with Gasteiger partial charge in [-0.2, -0.15) is 0 Å². The number of likely N-dealkylation sites (tertiary alicyclic amines) is 1. The molecule has 0 amide bonds. The Hall–Kier alpha value is -3.13. The van der Waals surface area contributed by atoms with Crippen LogP contribution in [-0.2, 0) is 25.5 Å². The van der Waals surface area contributed by atoms with Crippen molar-refractivity contribution in [3.05, 3.63) is 47.7 Å². The Balaban J connectivity index is 0.000000265. The molecule has 3 N–H and O–H groups in total. The van der Waals surface area contributed by atoms with Gasteiger partial charge in [-0.15, -0.1) is 0 Å². The van der Waals surface area contributed by atoms with Gasteiger partial charge in [0.1, 0.15) is 0 Å². The second kappa shape index (κ2) is 9.16. The number of likely N-dealkylation sites (N-methyl/N-ethyl adjacent to an activating group) is 1. The van der Waals surface area contributed by atoms with E-state index >= 15 is 0 Å². The molecule has 3 aliphatic rings. The zero-order chi connectivity index (χ0) is 22.8. The first-order chi connectivity index (χ1) is 15.3. The standard InChI is InChI=1S/C20H24N2O2.C4H4O4/c1-22-10-12(11-24-20(23)13-5-6-13)7-16-15-3-2-4-17-19(15)14(9-21-17)8-18(16)22;5-3(6)1-2-4(7)8/h2-4,9,12-13,16,18,21H,5-8,10-11H2,1H3;1-2H,(H,5,6)(H,7,8)/b;2-1-/t12-,16-,18-;/m1./s1. The van der Waals surface area contributed by atoms with Crippen LogP contribution >= 0.6 is 0 Å². The van der Waals surface area contributed by atoms with E-state index in [1.807, 2.05) is 0 Å². The predicted octanol–water partition coefficient (Wildman–Crippen LogP) is 2.79. The molecule has 1 saturated carbocycles. The van der Waals surface area contributed by atoms with Crippen LogP contribution in [0.5, 0.6) is 0 Å². The maximum atomic E-state index is 11.9. The first kappa shape index (κ1) is 22.1. The van der Waals surface area contributed by atoms with Gasteiger partial charge in [-0.1, -0.05) is 12.1 Å². The Kier molecular flexibility index (Phi) is 6.32. The third kappa shape index (κ3) is 4.85. The summed E-state index contributed by atoms with van der Waals surface area (Å²) in [6, 6.07) is 7.19. The zero-order valence-corrected chi connectivity index (χ0v) is 18.0. The number of hydrogen-bond acceptors (Lipinski definition) is 5. The molecule has 0 radical (unpaired) electrons. The SMILES string of the molecule is CN1C[C@H](COC(=O)C2CC2)C[C@@H]2c3cccc4[nH]cc(c34)C[C@H]21.O=C(O)/C=C\C(=O)O. The van der Waals surface area contributed by atoms with E-state index in [-0.39, 0.29) is 11.9 Å². The number of nitrogens with zero attached hydrogens (tertiary/aromatic N) is 1. The Labute approximate surface area is 185 Å². The van der Waals surface area contributed by atoms with E-state index in [1.165, 1.54) is 22.0 Å². The molecule has 2 aliphatic carbocycles. The summed E-state index contributed by atoms with van der Waals surface area (Å²) in [5, 5.41) is 17.1. The summed E-state index contributed by atoms with van der Waals surface area (Å²) in [6.45, 7) is 1.60. The van der Waals surface area contributed by atoms with Crippen LogP contribution in [0.2, 0.25) is 0 Å². The number of carboxylic acids is 2. The number of aliphatic carboxylic acids is 2. The molecule has 3 atom stereocenters. The molecule has 1 aromatic carbocycles. The Bertz CT molecular complexity index is 1040. The smallest absolute Gasteiger partial charge is 0.328 e. The number of carbonyl (C=O) groups is 3. The zero-order valence-electron chi connectivity index (χ0n) is 18.0. The van der Waals surface area contributed by atoms with Gasteiger partial charge >= 0.3 is 17.9 Å². The monoisotopic (exact) mass is 440 g/mol. The molecular weight excluding hydrogens is 412 g/mol. The van der Waals surface area contributed by atoms with Crippen LogP contribution in [0.3, 0.4) is 0 Å². The number of benzene rings is 1. The van der Waals surface area contributed by atoms with Gasteiger partial charge in [-0.3, -0.25) is 4.79 Å². The Morgan fingerprint density at radius 3 is 2.56 bits per heavy atom. The fourth-order valence-electron chi connectivity index (χ4n) is 4.95. The lowest BCUT2D eigenvalue weighted by Gasteiger charge is -2.45. The second-order valence-electron chi connectivity index (χ2n) is 8.92. The molecule has 8 nitrogen and oxygen atoms in total. The lowest BCUT2D eigenvalue weighted by molar-refractivity contribution is -0.147. The van der Waals surface area contributed by atoms with Gasteiger partial charge in [-0.05, 0) is 49.9 Å². The van der Waals surface area contributed by atoms with E-state index in [0.29, 0.717) is 36.6 Å². The molecule has 1 saturated heterocycles. The van der Waals surface area contributed by atoms with Crippen molar-refractivity contribution in [2.45, 2.75) is 37.6 Å². The number of ether oxygens (including phenoxy) is 1. The van der Waals surface area contributed by atoms with E-state index in [4.69, 9.17) is 14.9 Å². The maximum Gasteiger partial charge on any atom is 0.328 e. The summed E-state index contributed by atoms with van der Waals surface area (Å²) in [6.07, 6.45) is 7.58. The molecule has 2 aromatic rings. The first-order valence-electron chi connectivity index (χ1n) is 10.9. The van der Waals surface area contributed by atoms with Crippen molar-refractivity contribution in [1.29, 1.82) is 0 Å². The number of rotatable bonds is 5. The molecule has 0 spiro atoms. The lowest BCUT2D eigenvalue weighted by atomic mass is 9.72. The fraction of sp³-hybridized carbons (Fsp3) is 0.458. The van der Waals surface area contributed by atoms with Gasteiger partial charge in [0.25, 0.3) is 0 Å². The molecule has 2 heterocycles. The van der Waals surface area contributed by atoms with Crippen molar-refractivity contribution in [1.82, 2.24) is 9.88 Å². The van der Waals surface area contributed by atoms with E-state index < -0.39 is 11.9 Å². The van der Waals surface area contributed by atoms with E-state index in [1.54, 1.807) is 0 Å². The number of carbonyl (C=O) groups excluding carboxylic acids is 1. The van der Waals surface area contributed by atoms with E-state index in [0.717, 1.165) is 32.2 Å². The number of piperidine rings is 1. The van der Waals surface area contributed by atoms with Crippen LogP contribution < -0.4 is 0 Å². The number of esters is 1. The van der Waals surface area contributed by atoms with Gasteiger partial charge in [0.05, 0.1) is 12.5 Å². The average Bonchev–Trinajstić information content (AvgIpc) is 3.53. The largest absolute Gasteiger partial charge is 0.478 e. The molecule has 170 valence electrons. The van der Waals surface area contributed by atoms with E-state index in [2.05, 4.69) is 41.3 Å². The molecule has 5 rings (SSSR count). The summed E-state index contributed by atoms with van der Waals surface area (Å²) in [7, 11) is 2.23. The minimum absolute atomic E-state index is 0.0263. The van der Waals surface area contributed by atoms with Crippen LogP contribution in [0.15, 0.2) is 36.5 Å². The molecule has 1 aromatic heterocycles. The minimum atomic E-state index is -1.26. The van der Waals surface area contributed by atoms with Gasteiger partial charge in [-0.25, -0.2) is 9.59 Å². The molecule has 8 heteroatoms. The summed E-state index contributed by atoms with van der Waals surface area (Å²) < 4.78 is 5.59. The molecule has 32 heavy (non-hydrogen) atoms. The highest BCUT2D eigenvalue weighted by Crippen LogP contribution is 2.44. The molecule has 1 aliphatic heterocycles. The number of aromatic amines is 1. The van der Waals surface area contributed by atoms with Crippen molar-refractivity contribution < 1.29 is 29.3 Å². The third-order valence-electron chi connectivity index (χ3n) is 6.55. The Morgan fingerprint density at radius 1 is 1.19 bits per heavy atom. The molecule has 0 bridgehead atoms. The second-order valence-corrected chi connectivity index (χ2v) is 8.92. The summed E-state index contributed by atoms with van der Waals surface area (Å²) in [5.74, 6) is -1.31. The number of hydrogen-bond donors (Lipinski definition) is 3. The van der Waals surface area contributed by atoms with Gasteiger partial charge < -0.3 is 24.8 Å². The number of H-pyrrole nitrogens is 1. The topological polar surface area (TPSA) is 120 Å². The maximum absolute atomic E-state index is 11.9. The van der Waals surface area contributed by atoms with Gasteiger partial charge in [0.15, 0.2) is 0 Å². The van der Waals surface area contributed by atoms with E-state index in [9.17, 15) is 14.4 Å². The summed E-state index contributed by atoms with van der Waals surface area (Å²) >= 11 is 0. The molecular formula is C24H28N2O6. The highest BCUT2D eigenvalue weighted by Gasteiger charge is 2.40. The normalized spacial score (nSPS) is 24.5. The van der Waals surface area contributed by atoms with Crippen molar-refractivity contribution in [2.75, 3.05) is 20.2 Å². The third-order valence-corrected chi connectivity index (χ3v) is 6.55. The van der Waals surface area contributed by atoms with Crippen molar-refractivity contribution >= 4 is 28.8 Å². The first-order valence-corrected chi connectivity index (χ1v) is 10.9. The lowest BCUT2D eigenvalue weighted by Crippen LogP contribution is -2.48.